The van der Waals surface area contributed by atoms with E-state index in [1.807, 2.05) is 6.07 Å². The average Bonchev–Trinajstić information content (AvgIpc) is 3.23. The number of pyridine rings is 1. The van der Waals surface area contributed by atoms with Gasteiger partial charge in [-0.15, -0.1) is 0 Å². The molecule has 216 valence electrons. The number of rotatable bonds is 9. The standard InChI is InChI=1S/C32H24F2N4O5/c33-26-12-19(15-35)4-6-22(26)18-43-30-3-1-2-28(36-30)24-8-5-20(13-27(24)34)16-38-31(39)25-9-7-21(32(40)41)14-29(25)37(38)17-23-10-11-42-23/h1-9,12-14,23H,10-11,16-18H2,(H,40,41). The van der Waals surface area contributed by atoms with Gasteiger partial charge in [-0.05, 0) is 60.5 Å². The smallest absolute Gasteiger partial charge is 0.335 e. The molecule has 3 heterocycles. The number of benzene rings is 3. The number of nitriles is 1. The Hall–Kier alpha value is -5.34. The molecule has 0 spiro atoms. The fraction of sp³-hybridized carbons (Fsp3) is 0.188. The van der Waals surface area contributed by atoms with Gasteiger partial charge in [0.25, 0.3) is 5.56 Å². The van der Waals surface area contributed by atoms with Crippen molar-refractivity contribution in [3.63, 3.8) is 0 Å². The van der Waals surface area contributed by atoms with Crippen LogP contribution in [0, 0.1) is 23.0 Å². The fourth-order valence-electron chi connectivity index (χ4n) is 4.98. The molecule has 11 heteroatoms. The summed E-state index contributed by atoms with van der Waals surface area (Å²) in [5.41, 5.74) is 1.69. The van der Waals surface area contributed by atoms with Crippen LogP contribution in [0.1, 0.15) is 33.5 Å². The van der Waals surface area contributed by atoms with Crippen LogP contribution in [-0.2, 0) is 24.4 Å². The minimum absolute atomic E-state index is 0.0482. The molecular formula is C32H24F2N4O5. The number of nitrogens with zero attached hydrogens (tertiary/aromatic N) is 4. The highest BCUT2D eigenvalue weighted by Gasteiger charge is 2.23. The van der Waals surface area contributed by atoms with Gasteiger partial charge in [-0.3, -0.25) is 9.48 Å². The second-order valence-corrected chi connectivity index (χ2v) is 10.1. The van der Waals surface area contributed by atoms with Crippen molar-refractivity contribution in [2.24, 2.45) is 0 Å². The molecule has 0 aliphatic carbocycles. The largest absolute Gasteiger partial charge is 0.478 e. The SMILES string of the molecule is N#Cc1ccc(COc2cccc(-c3ccc(Cn4c(=O)c5ccc(C(=O)O)cc5n4CC4CCO4)cc3F)n2)c(F)c1. The summed E-state index contributed by atoms with van der Waals surface area (Å²) in [6.07, 6.45) is 0.705. The monoisotopic (exact) mass is 582 g/mol. The van der Waals surface area contributed by atoms with Crippen molar-refractivity contribution >= 4 is 16.9 Å². The summed E-state index contributed by atoms with van der Waals surface area (Å²) in [6.45, 7) is 0.893. The Bertz CT molecular complexity index is 1970. The first-order chi connectivity index (χ1) is 20.8. The van der Waals surface area contributed by atoms with Gasteiger partial charge >= 0.3 is 5.97 Å². The topological polar surface area (TPSA) is 119 Å². The summed E-state index contributed by atoms with van der Waals surface area (Å²) in [5.74, 6) is -2.07. The molecule has 0 saturated carbocycles. The van der Waals surface area contributed by atoms with Gasteiger partial charge in [-0.2, -0.15) is 5.26 Å². The van der Waals surface area contributed by atoms with Gasteiger partial charge in [0.15, 0.2) is 0 Å². The second kappa shape index (κ2) is 11.5. The minimum Gasteiger partial charge on any atom is -0.478 e. The lowest BCUT2D eigenvalue weighted by Gasteiger charge is -2.28. The van der Waals surface area contributed by atoms with E-state index in [2.05, 4.69) is 4.98 Å². The molecule has 1 unspecified atom stereocenters. The van der Waals surface area contributed by atoms with Crippen LogP contribution in [0.3, 0.4) is 0 Å². The maximum Gasteiger partial charge on any atom is 0.335 e. The van der Waals surface area contributed by atoms with Crippen molar-refractivity contribution in [2.45, 2.75) is 32.2 Å². The summed E-state index contributed by atoms with van der Waals surface area (Å²) in [6, 6.07) is 19.7. The van der Waals surface area contributed by atoms with Crippen molar-refractivity contribution in [3.8, 4) is 23.2 Å². The van der Waals surface area contributed by atoms with E-state index in [1.54, 1.807) is 35.0 Å². The maximum absolute atomic E-state index is 15.4. The van der Waals surface area contributed by atoms with Gasteiger partial charge in [0.1, 0.15) is 18.2 Å². The molecule has 2 aromatic heterocycles. The number of carboxylic acids is 1. The van der Waals surface area contributed by atoms with Crippen molar-refractivity contribution in [1.29, 1.82) is 5.26 Å². The number of carbonyl (C=O) groups is 1. The highest BCUT2D eigenvalue weighted by molar-refractivity contribution is 5.93. The van der Waals surface area contributed by atoms with Crippen LogP contribution in [0.4, 0.5) is 8.78 Å². The zero-order valence-corrected chi connectivity index (χ0v) is 22.7. The zero-order valence-electron chi connectivity index (χ0n) is 22.7. The molecule has 1 atom stereocenters. The summed E-state index contributed by atoms with van der Waals surface area (Å²) in [7, 11) is 0. The minimum atomic E-state index is -1.10. The van der Waals surface area contributed by atoms with E-state index in [1.165, 1.54) is 41.1 Å². The third-order valence-electron chi connectivity index (χ3n) is 7.37. The third kappa shape index (κ3) is 5.60. The Balaban J connectivity index is 1.26. The van der Waals surface area contributed by atoms with Gasteiger partial charge in [-0.1, -0.05) is 18.2 Å². The molecule has 5 aromatic rings. The average molecular weight is 583 g/mol. The van der Waals surface area contributed by atoms with Crippen LogP contribution < -0.4 is 10.3 Å². The summed E-state index contributed by atoms with van der Waals surface area (Å²) >= 11 is 0. The lowest BCUT2D eigenvalue weighted by atomic mass is 10.1. The Kier molecular flexibility index (Phi) is 7.44. The van der Waals surface area contributed by atoms with Crippen LogP contribution in [0.15, 0.2) is 77.6 Å². The van der Waals surface area contributed by atoms with Gasteiger partial charge in [0, 0.05) is 23.8 Å². The number of ether oxygens (including phenoxy) is 2. The van der Waals surface area contributed by atoms with Crippen LogP contribution in [0.5, 0.6) is 5.88 Å². The Morgan fingerprint density at radius 3 is 2.60 bits per heavy atom. The first-order valence-corrected chi connectivity index (χ1v) is 13.5. The van der Waals surface area contributed by atoms with E-state index < -0.39 is 17.6 Å². The van der Waals surface area contributed by atoms with Gasteiger partial charge in [0.05, 0.1) is 53.0 Å². The Morgan fingerprint density at radius 2 is 1.91 bits per heavy atom. The fourth-order valence-corrected chi connectivity index (χ4v) is 4.98. The zero-order chi connectivity index (χ0) is 30.1. The Morgan fingerprint density at radius 1 is 1.07 bits per heavy atom. The van der Waals surface area contributed by atoms with Crippen molar-refractivity contribution < 1.29 is 28.2 Å². The van der Waals surface area contributed by atoms with E-state index in [4.69, 9.17) is 14.7 Å². The third-order valence-corrected chi connectivity index (χ3v) is 7.37. The molecule has 6 rings (SSSR count). The maximum atomic E-state index is 15.4. The van der Waals surface area contributed by atoms with Crippen LogP contribution >= 0.6 is 0 Å². The van der Waals surface area contributed by atoms with Gasteiger partial charge in [0.2, 0.25) is 5.88 Å². The van der Waals surface area contributed by atoms with Crippen LogP contribution in [0.2, 0.25) is 0 Å². The molecule has 1 aliphatic rings. The molecule has 1 N–H and O–H groups in total. The number of aromatic nitrogens is 3. The predicted molar refractivity (Wildman–Crippen MR) is 152 cm³/mol. The molecule has 1 saturated heterocycles. The molecule has 1 aliphatic heterocycles. The molecule has 3 aromatic carbocycles. The van der Waals surface area contributed by atoms with Crippen LogP contribution in [-0.4, -0.2) is 38.1 Å². The molecule has 0 amide bonds. The van der Waals surface area contributed by atoms with Crippen molar-refractivity contribution in [3.05, 3.63) is 117 Å². The molecule has 43 heavy (non-hydrogen) atoms. The highest BCUT2D eigenvalue weighted by Crippen LogP contribution is 2.26. The molecule has 0 bridgehead atoms. The van der Waals surface area contributed by atoms with Crippen LogP contribution in [0.25, 0.3) is 22.2 Å². The number of hydrogen-bond acceptors (Lipinski definition) is 6. The normalized spacial score (nSPS) is 14.3. The summed E-state index contributed by atoms with van der Waals surface area (Å²) < 4.78 is 44.0. The molecule has 9 nitrogen and oxygen atoms in total. The highest BCUT2D eigenvalue weighted by atomic mass is 19.1. The number of fused-ring (bicyclic) bond motifs is 1. The first-order valence-electron chi connectivity index (χ1n) is 13.5. The quantitative estimate of drug-likeness (QED) is 0.256. The lowest BCUT2D eigenvalue weighted by Crippen LogP contribution is -2.35. The first kappa shape index (κ1) is 27.8. The van der Waals surface area contributed by atoms with Gasteiger partial charge < -0.3 is 14.6 Å². The van der Waals surface area contributed by atoms with E-state index in [9.17, 15) is 19.1 Å². The number of carboxylic acid groups (broad SMARTS) is 1. The van der Waals surface area contributed by atoms with E-state index in [0.29, 0.717) is 35.3 Å². The van der Waals surface area contributed by atoms with E-state index in [0.717, 1.165) is 12.5 Å². The van der Waals surface area contributed by atoms with E-state index in [-0.39, 0.29) is 52.9 Å². The van der Waals surface area contributed by atoms with E-state index >= 15 is 4.39 Å². The van der Waals surface area contributed by atoms with Crippen molar-refractivity contribution in [1.82, 2.24) is 14.3 Å². The number of halogens is 2. The molecule has 1 fully saturated rings. The lowest BCUT2D eigenvalue weighted by molar-refractivity contribution is -0.0618. The van der Waals surface area contributed by atoms with Crippen molar-refractivity contribution in [2.75, 3.05) is 6.61 Å². The molecule has 0 radical (unpaired) electrons. The molecular weight excluding hydrogens is 558 g/mol. The predicted octanol–water partition coefficient (Wildman–Crippen LogP) is 5.13. The van der Waals surface area contributed by atoms with Gasteiger partial charge in [-0.25, -0.2) is 23.2 Å². The second-order valence-electron chi connectivity index (χ2n) is 10.1. The summed E-state index contributed by atoms with van der Waals surface area (Å²) in [4.78, 5) is 29.3. The number of aromatic carboxylic acids is 1. The summed E-state index contributed by atoms with van der Waals surface area (Å²) in [5, 5.41) is 18.7. The Labute approximate surface area is 243 Å². The number of hydrogen-bond donors (Lipinski definition) is 1.